The number of ether oxygens (including phenoxy) is 3. The number of fused-ring (bicyclic) bond motifs is 1. The number of aromatic nitrogens is 2. The zero-order valence-corrected chi connectivity index (χ0v) is 21.6. The van der Waals surface area contributed by atoms with Crippen molar-refractivity contribution in [1.82, 2.24) is 15.3 Å². The second kappa shape index (κ2) is 10.9. The van der Waals surface area contributed by atoms with Gasteiger partial charge in [-0.2, -0.15) is 5.26 Å². The summed E-state index contributed by atoms with van der Waals surface area (Å²) in [6.45, 7) is 1.81. The van der Waals surface area contributed by atoms with Crippen LogP contribution in [0, 0.1) is 11.3 Å². The average Bonchev–Trinajstić information content (AvgIpc) is 3.29. The van der Waals surface area contributed by atoms with Crippen LogP contribution in [0.15, 0.2) is 42.2 Å². The van der Waals surface area contributed by atoms with Crippen molar-refractivity contribution in [2.75, 3.05) is 25.7 Å². The molecule has 1 atom stereocenters. The molecule has 0 bridgehead atoms. The van der Waals surface area contributed by atoms with Crippen molar-refractivity contribution in [2.45, 2.75) is 31.9 Å². The Hall–Kier alpha value is -4.04. The van der Waals surface area contributed by atoms with Gasteiger partial charge in [0.1, 0.15) is 29.1 Å². The van der Waals surface area contributed by atoms with Crippen LogP contribution < -0.4 is 19.5 Å². The van der Waals surface area contributed by atoms with Crippen LogP contribution in [0.2, 0.25) is 0 Å². The Labute approximate surface area is 215 Å². The van der Waals surface area contributed by atoms with Crippen LogP contribution >= 0.6 is 0 Å². The van der Waals surface area contributed by atoms with Gasteiger partial charge in [0.2, 0.25) is 0 Å². The van der Waals surface area contributed by atoms with Gasteiger partial charge in [-0.3, -0.25) is 4.79 Å². The predicted molar refractivity (Wildman–Crippen MR) is 138 cm³/mol. The smallest absolute Gasteiger partial charge is 0.262 e. The number of hydrogen-bond acceptors (Lipinski definition) is 8. The molecule has 10 nitrogen and oxygen atoms in total. The van der Waals surface area contributed by atoms with Crippen LogP contribution in [0.3, 0.4) is 0 Å². The van der Waals surface area contributed by atoms with Crippen molar-refractivity contribution < 1.29 is 27.4 Å². The van der Waals surface area contributed by atoms with Gasteiger partial charge in [-0.1, -0.05) is 6.07 Å². The Balaban J connectivity index is 1.51. The monoisotopic (exact) mass is 524 g/mol. The van der Waals surface area contributed by atoms with E-state index in [0.717, 1.165) is 5.56 Å². The highest BCUT2D eigenvalue weighted by Crippen LogP contribution is 2.30. The summed E-state index contributed by atoms with van der Waals surface area (Å²) in [5, 5.41) is 13.2. The molecule has 11 heteroatoms. The molecule has 1 aliphatic heterocycles. The van der Waals surface area contributed by atoms with Gasteiger partial charge >= 0.3 is 0 Å². The highest BCUT2D eigenvalue weighted by Gasteiger charge is 2.25. The number of carbonyl (C=O) groups is 1. The highest BCUT2D eigenvalue weighted by molar-refractivity contribution is 7.91. The Morgan fingerprint density at radius 1 is 1.22 bits per heavy atom. The fourth-order valence-corrected chi connectivity index (χ4v) is 5.60. The zero-order chi connectivity index (χ0) is 26.6. The van der Waals surface area contributed by atoms with E-state index < -0.39 is 21.8 Å². The number of rotatable bonds is 8. The number of aromatic amines is 1. The largest absolute Gasteiger partial charge is 0.493 e. The van der Waals surface area contributed by atoms with E-state index in [1.54, 1.807) is 37.7 Å². The van der Waals surface area contributed by atoms with Crippen molar-refractivity contribution in [3.63, 3.8) is 0 Å². The van der Waals surface area contributed by atoms with Crippen LogP contribution in [-0.2, 0) is 14.6 Å². The summed E-state index contributed by atoms with van der Waals surface area (Å²) in [5.41, 5.74) is 1.89. The number of nitriles is 1. The first-order chi connectivity index (χ1) is 17.7. The molecule has 0 saturated carbocycles. The third-order valence-corrected chi connectivity index (χ3v) is 7.98. The number of carbonyl (C=O) groups excluding carboxylic acids is 1. The first-order valence-corrected chi connectivity index (χ1v) is 13.5. The topological polar surface area (TPSA) is 143 Å². The maximum Gasteiger partial charge on any atom is 0.262 e. The van der Waals surface area contributed by atoms with Crippen molar-refractivity contribution in [3.8, 4) is 23.3 Å². The quantitative estimate of drug-likeness (QED) is 0.337. The van der Waals surface area contributed by atoms with Crippen LogP contribution in [0.1, 0.15) is 36.9 Å². The number of benzene rings is 1. The fraction of sp³-hybridized carbons (Fsp3) is 0.346. The molecule has 1 saturated heterocycles. The molecule has 37 heavy (non-hydrogen) atoms. The van der Waals surface area contributed by atoms with E-state index in [2.05, 4.69) is 15.3 Å². The minimum atomic E-state index is -2.99. The maximum atomic E-state index is 12.9. The van der Waals surface area contributed by atoms with Crippen molar-refractivity contribution in [3.05, 3.63) is 53.4 Å². The van der Waals surface area contributed by atoms with Crippen molar-refractivity contribution >= 4 is 32.9 Å². The molecular formula is C26H28N4O6S. The van der Waals surface area contributed by atoms with E-state index >= 15 is 0 Å². The lowest BCUT2D eigenvalue weighted by molar-refractivity contribution is -0.117. The Morgan fingerprint density at radius 3 is 2.62 bits per heavy atom. The van der Waals surface area contributed by atoms with Gasteiger partial charge in [-0.25, -0.2) is 13.4 Å². The van der Waals surface area contributed by atoms with Crippen LogP contribution in [0.4, 0.5) is 0 Å². The number of amides is 1. The predicted octanol–water partition coefficient (Wildman–Crippen LogP) is 3.32. The summed E-state index contributed by atoms with van der Waals surface area (Å²) in [6, 6.07) is 8.69. The van der Waals surface area contributed by atoms with Gasteiger partial charge in [0.05, 0.1) is 38.0 Å². The van der Waals surface area contributed by atoms with Crippen molar-refractivity contribution in [2.24, 2.45) is 0 Å². The molecule has 0 aliphatic carbocycles. The fourth-order valence-electron chi connectivity index (χ4n) is 4.15. The van der Waals surface area contributed by atoms with Crippen LogP contribution in [0.5, 0.6) is 17.2 Å². The molecule has 4 rings (SSSR count). The zero-order valence-electron chi connectivity index (χ0n) is 20.8. The molecule has 1 aliphatic rings. The summed E-state index contributed by atoms with van der Waals surface area (Å²) in [5.74, 6) is 1.30. The molecule has 3 heterocycles. The second-order valence-electron chi connectivity index (χ2n) is 8.76. The SMILES string of the molecule is COc1ccc([C@@H](C)NC(=O)/C(C#N)=C/c2c[nH]c3ncc(OC4CCS(=O)(=O)CC4)cc23)cc1OC. The molecule has 1 aromatic carbocycles. The normalized spacial score (nSPS) is 16.5. The third-order valence-electron chi connectivity index (χ3n) is 6.26. The average molecular weight is 525 g/mol. The van der Waals surface area contributed by atoms with Crippen LogP contribution in [-0.4, -0.2) is 56.1 Å². The summed E-state index contributed by atoms with van der Waals surface area (Å²) in [6.07, 6.45) is 5.37. The lowest BCUT2D eigenvalue weighted by Crippen LogP contribution is -2.30. The van der Waals surface area contributed by atoms with E-state index in [1.165, 1.54) is 13.2 Å². The molecule has 3 aromatic rings. The standard InChI is InChI=1S/C26H28N4O6S/c1-16(17-4-5-23(34-2)24(11-17)35-3)30-26(31)18(13-27)10-19-14-28-25-22(19)12-21(15-29-25)36-20-6-8-37(32,33)9-7-20/h4-5,10-12,14-16,20H,6-9H2,1-3H3,(H,28,29)(H,30,31)/b18-10+/t16-/m1/s1. The van der Waals surface area contributed by atoms with Gasteiger partial charge < -0.3 is 24.5 Å². The van der Waals surface area contributed by atoms with E-state index in [-0.39, 0.29) is 23.2 Å². The van der Waals surface area contributed by atoms with Gasteiger partial charge in [0, 0.05) is 17.1 Å². The number of pyridine rings is 1. The Morgan fingerprint density at radius 2 is 1.95 bits per heavy atom. The summed E-state index contributed by atoms with van der Waals surface area (Å²) in [7, 11) is 0.0944. The minimum Gasteiger partial charge on any atom is -0.493 e. The van der Waals surface area contributed by atoms with E-state index in [0.29, 0.717) is 46.7 Å². The van der Waals surface area contributed by atoms with Crippen LogP contribution in [0.25, 0.3) is 17.1 Å². The summed E-state index contributed by atoms with van der Waals surface area (Å²) >= 11 is 0. The van der Waals surface area contributed by atoms with E-state index in [9.17, 15) is 18.5 Å². The number of sulfone groups is 1. The molecule has 2 aromatic heterocycles. The molecular weight excluding hydrogens is 496 g/mol. The Bertz CT molecular complexity index is 1470. The maximum absolute atomic E-state index is 12.9. The molecule has 0 radical (unpaired) electrons. The number of nitrogens with zero attached hydrogens (tertiary/aromatic N) is 2. The molecule has 0 spiro atoms. The number of nitrogens with one attached hydrogen (secondary N) is 2. The van der Waals surface area contributed by atoms with Gasteiger partial charge in [-0.15, -0.1) is 0 Å². The number of H-pyrrole nitrogens is 1. The summed E-state index contributed by atoms with van der Waals surface area (Å²) in [4.78, 5) is 20.3. The number of methoxy groups -OCH3 is 2. The first-order valence-electron chi connectivity index (χ1n) is 11.7. The lowest BCUT2D eigenvalue weighted by Gasteiger charge is -2.23. The van der Waals surface area contributed by atoms with E-state index in [4.69, 9.17) is 14.2 Å². The van der Waals surface area contributed by atoms with Gasteiger partial charge in [0.25, 0.3) is 5.91 Å². The minimum absolute atomic E-state index is 0.0722. The third kappa shape index (κ3) is 6.03. The summed E-state index contributed by atoms with van der Waals surface area (Å²) < 4.78 is 39.9. The van der Waals surface area contributed by atoms with Crippen molar-refractivity contribution in [1.29, 1.82) is 5.26 Å². The molecule has 194 valence electrons. The molecule has 0 unspecified atom stereocenters. The molecule has 1 fully saturated rings. The second-order valence-corrected chi connectivity index (χ2v) is 11.1. The van der Waals surface area contributed by atoms with Gasteiger partial charge in [-0.05, 0) is 49.6 Å². The lowest BCUT2D eigenvalue weighted by atomic mass is 10.1. The van der Waals surface area contributed by atoms with Gasteiger partial charge in [0.15, 0.2) is 21.3 Å². The molecule has 1 amide bonds. The highest BCUT2D eigenvalue weighted by atomic mass is 32.2. The number of hydrogen-bond donors (Lipinski definition) is 2. The molecule has 2 N–H and O–H groups in total. The Kier molecular flexibility index (Phi) is 7.69. The van der Waals surface area contributed by atoms with E-state index in [1.807, 2.05) is 19.1 Å². The first kappa shape index (κ1) is 26.0.